The van der Waals surface area contributed by atoms with E-state index in [-0.39, 0.29) is 12.5 Å². The maximum atomic E-state index is 11.6. The molecule has 0 aliphatic heterocycles. The number of anilines is 1. The molecule has 0 radical (unpaired) electrons. The van der Waals surface area contributed by atoms with E-state index in [1.54, 1.807) is 24.3 Å². The van der Waals surface area contributed by atoms with Crippen molar-refractivity contribution in [3.05, 3.63) is 29.8 Å². The van der Waals surface area contributed by atoms with Crippen LogP contribution >= 0.6 is 0 Å². The van der Waals surface area contributed by atoms with Crippen LogP contribution < -0.4 is 5.32 Å². The van der Waals surface area contributed by atoms with Crippen LogP contribution in [0.25, 0.3) is 0 Å². The Kier molecular flexibility index (Phi) is 7.33. The first-order chi connectivity index (χ1) is 9.63. The topological polar surface area (TPSA) is 71.3 Å². The molecule has 0 aliphatic carbocycles. The van der Waals surface area contributed by atoms with E-state index in [1.165, 1.54) is 0 Å². The van der Waals surface area contributed by atoms with E-state index in [0.717, 1.165) is 0 Å². The van der Waals surface area contributed by atoms with Crippen molar-refractivity contribution in [2.75, 3.05) is 31.7 Å². The number of nitrogens with zero attached hydrogens (tertiary/aromatic N) is 1. The lowest BCUT2D eigenvalue weighted by Crippen LogP contribution is -2.20. The highest BCUT2D eigenvalue weighted by atomic mass is 16.5. The molecule has 0 aliphatic rings. The molecule has 0 aromatic heterocycles. The molecule has 0 atom stereocenters. The van der Waals surface area contributed by atoms with Gasteiger partial charge in [0.05, 0.1) is 24.5 Å². The lowest BCUT2D eigenvalue weighted by molar-refractivity contribution is -0.121. The number of benzene rings is 1. The van der Waals surface area contributed by atoms with Crippen LogP contribution in [0, 0.1) is 17.2 Å². The summed E-state index contributed by atoms with van der Waals surface area (Å²) in [5.41, 5.74) is 0.931. The molecule has 0 bridgehead atoms. The second-order valence-electron chi connectivity index (χ2n) is 4.73. The van der Waals surface area contributed by atoms with Crippen molar-refractivity contribution >= 4 is 11.6 Å². The van der Waals surface area contributed by atoms with Gasteiger partial charge in [-0.15, -0.1) is 0 Å². The van der Waals surface area contributed by atoms with Crippen molar-refractivity contribution < 1.29 is 14.3 Å². The minimum Gasteiger partial charge on any atom is -0.379 e. The minimum atomic E-state index is -0.281. The molecule has 0 heterocycles. The van der Waals surface area contributed by atoms with Gasteiger partial charge < -0.3 is 14.8 Å². The van der Waals surface area contributed by atoms with E-state index in [1.807, 2.05) is 6.07 Å². The van der Waals surface area contributed by atoms with E-state index in [9.17, 15) is 4.79 Å². The van der Waals surface area contributed by atoms with Crippen molar-refractivity contribution in [3.8, 4) is 6.07 Å². The summed E-state index contributed by atoms with van der Waals surface area (Å²) in [5, 5.41) is 11.5. The smallest absolute Gasteiger partial charge is 0.250 e. The maximum Gasteiger partial charge on any atom is 0.250 e. The van der Waals surface area contributed by atoms with Gasteiger partial charge in [0, 0.05) is 6.61 Å². The van der Waals surface area contributed by atoms with Gasteiger partial charge in [0.1, 0.15) is 12.7 Å². The minimum absolute atomic E-state index is 0.0508. The Morgan fingerprint density at radius 1 is 1.30 bits per heavy atom. The van der Waals surface area contributed by atoms with Gasteiger partial charge in [0.15, 0.2) is 0 Å². The van der Waals surface area contributed by atoms with E-state index in [2.05, 4.69) is 19.2 Å². The molecule has 108 valence electrons. The van der Waals surface area contributed by atoms with E-state index < -0.39 is 0 Å². The van der Waals surface area contributed by atoms with E-state index in [4.69, 9.17) is 14.7 Å². The lowest BCUT2D eigenvalue weighted by atomic mass is 10.2. The standard InChI is InChI=1S/C15H20N2O3/c1-12(2)10-19-7-8-20-11-15(18)17-14-6-4-3-5-13(14)9-16/h3-6,12H,7-8,10-11H2,1-2H3,(H,17,18). The molecule has 1 aromatic carbocycles. The predicted octanol–water partition coefficient (Wildman–Crippen LogP) is 2.19. The summed E-state index contributed by atoms with van der Waals surface area (Å²) < 4.78 is 10.5. The van der Waals surface area contributed by atoms with E-state index >= 15 is 0 Å². The monoisotopic (exact) mass is 276 g/mol. The molecule has 0 saturated heterocycles. The Bertz CT molecular complexity index is 466. The molecule has 20 heavy (non-hydrogen) atoms. The van der Waals surface area contributed by atoms with Crippen LogP contribution in [0.15, 0.2) is 24.3 Å². The number of nitrogens with one attached hydrogen (secondary N) is 1. The van der Waals surface area contributed by atoms with Gasteiger partial charge in [-0.1, -0.05) is 26.0 Å². The van der Waals surface area contributed by atoms with Gasteiger partial charge in [0.25, 0.3) is 0 Å². The van der Waals surface area contributed by atoms with Crippen molar-refractivity contribution in [1.29, 1.82) is 5.26 Å². The van der Waals surface area contributed by atoms with Crippen LogP contribution in [0.3, 0.4) is 0 Å². The molecule has 0 saturated carbocycles. The Balaban J connectivity index is 2.22. The zero-order valence-corrected chi connectivity index (χ0v) is 11.9. The molecular weight excluding hydrogens is 256 g/mol. The van der Waals surface area contributed by atoms with Crippen LogP contribution in [0.1, 0.15) is 19.4 Å². The molecular formula is C15H20N2O3. The first-order valence-corrected chi connectivity index (χ1v) is 6.58. The molecule has 1 rings (SSSR count). The number of rotatable bonds is 8. The van der Waals surface area contributed by atoms with Gasteiger partial charge in [-0.25, -0.2) is 0 Å². The highest BCUT2D eigenvalue weighted by Gasteiger charge is 2.06. The third-order valence-electron chi connectivity index (χ3n) is 2.38. The fourth-order valence-corrected chi connectivity index (χ4v) is 1.48. The summed E-state index contributed by atoms with van der Waals surface area (Å²) in [5.74, 6) is 0.206. The van der Waals surface area contributed by atoms with Gasteiger partial charge in [-0.3, -0.25) is 4.79 Å². The number of carbonyl (C=O) groups excluding carboxylic acids is 1. The number of nitriles is 1. The Morgan fingerprint density at radius 3 is 2.70 bits per heavy atom. The van der Waals surface area contributed by atoms with Gasteiger partial charge in [-0.05, 0) is 18.1 Å². The second kappa shape index (κ2) is 9.08. The lowest BCUT2D eigenvalue weighted by Gasteiger charge is -2.09. The summed E-state index contributed by atoms with van der Waals surface area (Å²) in [7, 11) is 0. The maximum absolute atomic E-state index is 11.6. The highest BCUT2D eigenvalue weighted by Crippen LogP contribution is 2.13. The number of para-hydroxylation sites is 1. The number of hydrogen-bond acceptors (Lipinski definition) is 4. The number of amides is 1. The van der Waals surface area contributed by atoms with Gasteiger partial charge in [-0.2, -0.15) is 5.26 Å². The van der Waals surface area contributed by atoms with Crippen LogP contribution in [0.4, 0.5) is 5.69 Å². The highest BCUT2D eigenvalue weighted by molar-refractivity contribution is 5.92. The van der Waals surface area contributed by atoms with Crippen molar-refractivity contribution in [2.45, 2.75) is 13.8 Å². The van der Waals surface area contributed by atoms with Crippen molar-refractivity contribution in [3.63, 3.8) is 0 Å². The number of hydrogen-bond donors (Lipinski definition) is 1. The SMILES string of the molecule is CC(C)COCCOCC(=O)Nc1ccccc1C#N. The normalized spacial score (nSPS) is 10.3. The van der Waals surface area contributed by atoms with Crippen LogP contribution in [-0.2, 0) is 14.3 Å². The molecule has 1 amide bonds. The molecule has 0 unspecified atom stereocenters. The fraction of sp³-hybridized carbons (Fsp3) is 0.467. The zero-order chi connectivity index (χ0) is 14.8. The zero-order valence-electron chi connectivity index (χ0n) is 11.9. The summed E-state index contributed by atoms with van der Waals surface area (Å²) in [4.78, 5) is 11.6. The summed E-state index contributed by atoms with van der Waals surface area (Å²) >= 11 is 0. The Hall–Kier alpha value is -1.90. The summed E-state index contributed by atoms with van der Waals surface area (Å²) in [6, 6.07) is 8.86. The van der Waals surface area contributed by atoms with Gasteiger partial charge in [0.2, 0.25) is 5.91 Å². The Labute approximate surface area is 119 Å². The molecule has 5 nitrogen and oxygen atoms in total. The number of carbonyl (C=O) groups is 1. The van der Waals surface area contributed by atoms with Crippen molar-refractivity contribution in [2.24, 2.45) is 5.92 Å². The average Bonchev–Trinajstić information content (AvgIpc) is 2.43. The summed E-state index contributed by atoms with van der Waals surface area (Å²) in [6.07, 6.45) is 0. The van der Waals surface area contributed by atoms with Crippen LogP contribution in [-0.4, -0.2) is 32.3 Å². The van der Waals surface area contributed by atoms with Gasteiger partial charge >= 0.3 is 0 Å². The first-order valence-electron chi connectivity index (χ1n) is 6.58. The average molecular weight is 276 g/mol. The second-order valence-corrected chi connectivity index (χ2v) is 4.73. The molecule has 0 spiro atoms. The molecule has 5 heteroatoms. The fourth-order valence-electron chi connectivity index (χ4n) is 1.48. The largest absolute Gasteiger partial charge is 0.379 e. The number of ether oxygens (including phenoxy) is 2. The third kappa shape index (κ3) is 6.32. The third-order valence-corrected chi connectivity index (χ3v) is 2.38. The molecule has 0 fully saturated rings. The summed E-state index contributed by atoms with van der Waals surface area (Å²) in [6.45, 7) is 5.62. The van der Waals surface area contributed by atoms with E-state index in [0.29, 0.717) is 37.0 Å². The van der Waals surface area contributed by atoms with Crippen molar-refractivity contribution in [1.82, 2.24) is 0 Å². The molecule has 1 aromatic rings. The van der Waals surface area contributed by atoms with Crippen LogP contribution in [0.5, 0.6) is 0 Å². The predicted molar refractivity (Wildman–Crippen MR) is 76.3 cm³/mol. The Morgan fingerprint density at radius 2 is 2.00 bits per heavy atom. The van der Waals surface area contributed by atoms with Crippen LogP contribution in [0.2, 0.25) is 0 Å². The molecule has 1 N–H and O–H groups in total. The first kappa shape index (κ1) is 16.2. The quantitative estimate of drug-likeness (QED) is 0.739.